The van der Waals surface area contributed by atoms with Crippen molar-refractivity contribution in [1.82, 2.24) is 30.4 Å². The van der Waals surface area contributed by atoms with Crippen molar-refractivity contribution in [2.24, 2.45) is 0 Å². The maximum Gasteiger partial charge on any atom is 0.247 e. The highest BCUT2D eigenvalue weighted by molar-refractivity contribution is 5.89. The fraction of sp³-hybridized carbons (Fsp3) is 0.464. The molecule has 39 heavy (non-hydrogen) atoms. The van der Waals surface area contributed by atoms with Gasteiger partial charge in [-0.05, 0) is 73.4 Å². The summed E-state index contributed by atoms with van der Waals surface area (Å²) in [5.41, 5.74) is 1.25. The number of rotatable bonds is 13. The first kappa shape index (κ1) is 28.2. The molecule has 208 valence electrons. The molecule has 3 aromatic rings. The molecular formula is C28H35FN6O4. The van der Waals surface area contributed by atoms with E-state index in [-0.39, 0.29) is 30.9 Å². The maximum absolute atomic E-state index is 13.8. The Morgan fingerprint density at radius 3 is 2.51 bits per heavy atom. The summed E-state index contributed by atoms with van der Waals surface area (Å²) in [6.45, 7) is 2.93. The standard InChI is InChI=1S/C28H35FN6O4/c1-3-39-18-6-17-34(25(36)19-35-32-27(31-33-35)21-11-15-24(38-2)16-12-21)26(20-9-13-22(29)14-10-20)28(37)30-23-7-4-5-8-23/h9-16,23,26H,3-8,17-19H2,1-2H3,(H,30,37)/t26-/m0/s1. The second kappa shape index (κ2) is 13.8. The highest BCUT2D eigenvalue weighted by Gasteiger charge is 2.33. The molecule has 1 saturated carbocycles. The lowest BCUT2D eigenvalue weighted by Crippen LogP contribution is -2.47. The molecule has 1 aliphatic carbocycles. The van der Waals surface area contributed by atoms with Gasteiger partial charge in [0.2, 0.25) is 17.6 Å². The van der Waals surface area contributed by atoms with Crippen molar-refractivity contribution in [2.45, 2.75) is 57.7 Å². The Labute approximate surface area is 227 Å². The molecule has 0 unspecified atom stereocenters. The maximum atomic E-state index is 13.8. The Hall–Kier alpha value is -3.86. The van der Waals surface area contributed by atoms with Crippen molar-refractivity contribution in [3.8, 4) is 17.1 Å². The quantitative estimate of drug-likeness (QED) is 0.331. The molecule has 1 N–H and O–H groups in total. The van der Waals surface area contributed by atoms with Gasteiger partial charge in [0.15, 0.2) is 0 Å². The summed E-state index contributed by atoms with van der Waals surface area (Å²) in [7, 11) is 1.59. The summed E-state index contributed by atoms with van der Waals surface area (Å²) in [6, 6.07) is 12.0. The van der Waals surface area contributed by atoms with Gasteiger partial charge in [-0.1, -0.05) is 25.0 Å². The fourth-order valence-electron chi connectivity index (χ4n) is 4.72. The average Bonchev–Trinajstić information content (AvgIpc) is 3.63. The Kier molecular flexibility index (Phi) is 9.96. The molecule has 0 bridgehead atoms. The number of carbonyl (C=O) groups is 2. The average molecular weight is 539 g/mol. The van der Waals surface area contributed by atoms with Crippen LogP contribution < -0.4 is 10.1 Å². The lowest BCUT2D eigenvalue weighted by molar-refractivity contribution is -0.142. The van der Waals surface area contributed by atoms with Crippen molar-refractivity contribution < 1.29 is 23.5 Å². The molecule has 2 amide bonds. The van der Waals surface area contributed by atoms with Gasteiger partial charge in [-0.3, -0.25) is 9.59 Å². The predicted octanol–water partition coefficient (Wildman–Crippen LogP) is 3.54. The number of nitrogens with zero attached hydrogens (tertiary/aromatic N) is 5. The molecule has 0 spiro atoms. The van der Waals surface area contributed by atoms with E-state index in [0.717, 1.165) is 31.2 Å². The number of hydrogen-bond acceptors (Lipinski definition) is 7. The SMILES string of the molecule is CCOCCCN(C(=O)Cn1nnc(-c2ccc(OC)cc2)n1)[C@H](C(=O)NC1CCCC1)c1ccc(F)cc1. The number of methoxy groups -OCH3 is 1. The van der Waals surface area contributed by atoms with E-state index in [1.807, 2.05) is 6.92 Å². The van der Waals surface area contributed by atoms with Crippen molar-refractivity contribution in [1.29, 1.82) is 0 Å². The van der Waals surface area contributed by atoms with E-state index in [1.165, 1.54) is 21.8 Å². The van der Waals surface area contributed by atoms with Crippen LogP contribution in [0, 0.1) is 5.82 Å². The number of halogens is 1. The van der Waals surface area contributed by atoms with Crippen LogP contribution >= 0.6 is 0 Å². The van der Waals surface area contributed by atoms with Crippen LogP contribution in [0.4, 0.5) is 4.39 Å². The highest BCUT2D eigenvalue weighted by Crippen LogP contribution is 2.25. The molecule has 0 radical (unpaired) electrons. The van der Waals surface area contributed by atoms with Crippen molar-refractivity contribution in [2.75, 3.05) is 26.9 Å². The number of hydrogen-bond donors (Lipinski definition) is 1. The van der Waals surface area contributed by atoms with Gasteiger partial charge in [-0.2, -0.15) is 4.80 Å². The Morgan fingerprint density at radius 1 is 1.13 bits per heavy atom. The van der Waals surface area contributed by atoms with Crippen molar-refractivity contribution >= 4 is 11.8 Å². The van der Waals surface area contributed by atoms with Crippen LogP contribution in [0.15, 0.2) is 48.5 Å². The van der Waals surface area contributed by atoms with E-state index in [1.54, 1.807) is 43.5 Å². The highest BCUT2D eigenvalue weighted by atomic mass is 19.1. The van der Waals surface area contributed by atoms with Gasteiger partial charge in [0.25, 0.3) is 0 Å². The summed E-state index contributed by atoms with van der Waals surface area (Å²) in [6.07, 6.45) is 4.43. The van der Waals surface area contributed by atoms with E-state index >= 15 is 0 Å². The van der Waals surface area contributed by atoms with E-state index in [2.05, 4.69) is 20.7 Å². The Morgan fingerprint density at radius 2 is 1.85 bits per heavy atom. The van der Waals surface area contributed by atoms with Gasteiger partial charge in [0.1, 0.15) is 24.2 Å². The zero-order valence-electron chi connectivity index (χ0n) is 22.4. The Balaban J connectivity index is 1.57. The normalized spacial score (nSPS) is 14.2. The molecule has 0 aliphatic heterocycles. The van der Waals surface area contributed by atoms with E-state index in [9.17, 15) is 14.0 Å². The molecule has 10 nitrogen and oxygen atoms in total. The summed E-state index contributed by atoms with van der Waals surface area (Å²) in [5.74, 6) is -0.000226. The summed E-state index contributed by atoms with van der Waals surface area (Å²) < 4.78 is 24.4. The van der Waals surface area contributed by atoms with Crippen molar-refractivity contribution in [3.05, 3.63) is 59.9 Å². The Bertz CT molecular complexity index is 1210. The van der Waals surface area contributed by atoms with Crippen LogP contribution in [0.1, 0.15) is 50.6 Å². The fourth-order valence-corrected chi connectivity index (χ4v) is 4.72. The van der Waals surface area contributed by atoms with Crippen LogP contribution in [-0.4, -0.2) is 69.8 Å². The predicted molar refractivity (Wildman–Crippen MR) is 142 cm³/mol. The molecule has 4 rings (SSSR count). The third kappa shape index (κ3) is 7.60. The first-order chi connectivity index (χ1) is 19.0. The third-order valence-electron chi connectivity index (χ3n) is 6.74. The first-order valence-electron chi connectivity index (χ1n) is 13.3. The minimum atomic E-state index is -0.940. The molecule has 1 aromatic heterocycles. The number of amides is 2. The van der Waals surface area contributed by atoms with Crippen LogP contribution in [0.5, 0.6) is 5.75 Å². The van der Waals surface area contributed by atoms with Gasteiger partial charge < -0.3 is 19.7 Å². The number of carbonyl (C=O) groups excluding carboxylic acids is 2. The van der Waals surface area contributed by atoms with Crippen molar-refractivity contribution in [3.63, 3.8) is 0 Å². The number of benzene rings is 2. The van der Waals surface area contributed by atoms with Crippen LogP contribution in [0.2, 0.25) is 0 Å². The lowest BCUT2D eigenvalue weighted by Gasteiger charge is -2.32. The first-order valence-corrected chi connectivity index (χ1v) is 13.3. The van der Waals surface area contributed by atoms with Crippen LogP contribution in [0.25, 0.3) is 11.4 Å². The van der Waals surface area contributed by atoms with E-state index in [4.69, 9.17) is 9.47 Å². The molecule has 1 fully saturated rings. The van der Waals surface area contributed by atoms with Gasteiger partial charge in [0, 0.05) is 31.4 Å². The molecule has 1 aliphatic rings. The topological polar surface area (TPSA) is 111 Å². The molecule has 2 aromatic carbocycles. The smallest absolute Gasteiger partial charge is 0.247 e. The van der Waals surface area contributed by atoms with Gasteiger partial charge in [0.05, 0.1) is 7.11 Å². The van der Waals surface area contributed by atoms with E-state index < -0.39 is 11.9 Å². The largest absolute Gasteiger partial charge is 0.497 e. The monoisotopic (exact) mass is 538 g/mol. The third-order valence-corrected chi connectivity index (χ3v) is 6.74. The number of ether oxygens (including phenoxy) is 2. The number of tetrazole rings is 1. The minimum Gasteiger partial charge on any atom is -0.497 e. The molecular weight excluding hydrogens is 503 g/mol. The van der Waals surface area contributed by atoms with Gasteiger partial charge in [-0.25, -0.2) is 4.39 Å². The minimum absolute atomic E-state index is 0.0601. The summed E-state index contributed by atoms with van der Waals surface area (Å²) >= 11 is 0. The lowest BCUT2D eigenvalue weighted by atomic mass is 10.0. The van der Waals surface area contributed by atoms with Gasteiger partial charge >= 0.3 is 0 Å². The second-order valence-corrected chi connectivity index (χ2v) is 9.45. The van der Waals surface area contributed by atoms with Gasteiger partial charge in [-0.15, -0.1) is 10.2 Å². The zero-order valence-corrected chi connectivity index (χ0v) is 22.4. The second-order valence-electron chi connectivity index (χ2n) is 9.45. The number of nitrogens with one attached hydrogen (secondary N) is 1. The molecule has 1 heterocycles. The molecule has 1 atom stereocenters. The van der Waals surface area contributed by atoms with E-state index in [0.29, 0.717) is 36.8 Å². The zero-order chi connectivity index (χ0) is 27.6. The molecule has 0 saturated heterocycles. The summed E-state index contributed by atoms with van der Waals surface area (Å²) in [4.78, 5) is 30.1. The number of aromatic nitrogens is 4. The molecule has 11 heteroatoms. The summed E-state index contributed by atoms with van der Waals surface area (Å²) in [5, 5.41) is 15.6. The van der Waals surface area contributed by atoms with Crippen LogP contribution in [-0.2, 0) is 20.9 Å². The van der Waals surface area contributed by atoms with Crippen LogP contribution in [0.3, 0.4) is 0 Å².